The highest BCUT2D eigenvalue weighted by Crippen LogP contribution is 2.34. The molecule has 0 spiro atoms. The highest BCUT2D eigenvalue weighted by atomic mass is 35.5. The minimum absolute atomic E-state index is 0.000771. The Bertz CT molecular complexity index is 848. The summed E-state index contributed by atoms with van der Waals surface area (Å²) in [5, 5.41) is 3.03. The van der Waals surface area contributed by atoms with Crippen molar-refractivity contribution in [2.24, 2.45) is 0 Å². The summed E-state index contributed by atoms with van der Waals surface area (Å²) in [5.41, 5.74) is -2.38. The van der Waals surface area contributed by atoms with Gasteiger partial charge in [-0.1, -0.05) is 18.5 Å². The number of nitrogens with zero attached hydrogens (tertiary/aromatic N) is 2. The molecule has 0 N–H and O–H groups in total. The van der Waals surface area contributed by atoms with E-state index in [1.54, 1.807) is 6.92 Å². The molecule has 11 heteroatoms. The monoisotopic (exact) mass is 398 g/mol. The fourth-order valence-corrected chi connectivity index (χ4v) is 3.15. The Morgan fingerprint density at radius 1 is 1.44 bits per heavy atom. The lowest BCUT2D eigenvalue weighted by Gasteiger charge is -2.07. The largest absolute Gasteiger partial charge is 0.465 e. The number of aromatic nitrogens is 2. The van der Waals surface area contributed by atoms with Gasteiger partial charge in [-0.25, -0.2) is 4.39 Å². The first-order chi connectivity index (χ1) is 11.6. The van der Waals surface area contributed by atoms with E-state index in [0.717, 1.165) is 0 Å². The van der Waals surface area contributed by atoms with Crippen molar-refractivity contribution in [2.45, 2.75) is 25.9 Å². The lowest BCUT2D eigenvalue weighted by atomic mass is 10.2. The quantitative estimate of drug-likeness (QED) is 0.570. The Labute approximate surface area is 147 Å². The minimum atomic E-state index is -4.73. The average Bonchev–Trinajstić information content (AvgIpc) is 2.81. The van der Waals surface area contributed by atoms with E-state index in [9.17, 15) is 27.2 Å². The lowest BCUT2D eigenvalue weighted by Crippen LogP contribution is -2.23. The first-order valence-corrected chi connectivity index (χ1v) is 8.13. The van der Waals surface area contributed by atoms with Gasteiger partial charge in [-0.3, -0.25) is 9.59 Å². The van der Waals surface area contributed by atoms with Gasteiger partial charge in [-0.2, -0.15) is 23.0 Å². The van der Waals surface area contributed by atoms with Gasteiger partial charge in [0.25, 0.3) is 5.56 Å². The SMILES string of the molecule is CCC(=O)OCCc1c(Cl)sc(-n2ncc(C(F)(F)F)cc2=O)c1F. The summed E-state index contributed by atoms with van der Waals surface area (Å²) in [6.45, 7) is 1.48. The van der Waals surface area contributed by atoms with Crippen molar-refractivity contribution in [2.75, 3.05) is 6.61 Å². The topological polar surface area (TPSA) is 61.2 Å². The number of hydrogen-bond donors (Lipinski definition) is 0. The highest BCUT2D eigenvalue weighted by Gasteiger charge is 2.32. The first-order valence-electron chi connectivity index (χ1n) is 6.94. The van der Waals surface area contributed by atoms with Crippen LogP contribution in [0.15, 0.2) is 17.1 Å². The van der Waals surface area contributed by atoms with Gasteiger partial charge in [0.1, 0.15) is 4.34 Å². The van der Waals surface area contributed by atoms with Crippen LogP contribution in [-0.2, 0) is 22.1 Å². The Hall–Kier alpha value is -1.94. The molecule has 0 atom stereocenters. The van der Waals surface area contributed by atoms with Gasteiger partial charge in [-0.05, 0) is 0 Å². The van der Waals surface area contributed by atoms with Crippen LogP contribution in [-0.4, -0.2) is 22.4 Å². The van der Waals surface area contributed by atoms with E-state index < -0.39 is 29.1 Å². The Kier molecular flexibility index (Phi) is 5.83. The number of hydrogen-bond acceptors (Lipinski definition) is 5. The molecule has 0 amide bonds. The van der Waals surface area contributed by atoms with E-state index in [0.29, 0.717) is 28.3 Å². The van der Waals surface area contributed by atoms with Crippen molar-refractivity contribution in [1.29, 1.82) is 0 Å². The van der Waals surface area contributed by atoms with Crippen LogP contribution in [0, 0.1) is 5.82 Å². The van der Waals surface area contributed by atoms with Crippen LogP contribution in [0.25, 0.3) is 5.00 Å². The summed E-state index contributed by atoms with van der Waals surface area (Å²) in [7, 11) is 0. The Morgan fingerprint density at radius 2 is 2.12 bits per heavy atom. The van der Waals surface area contributed by atoms with Crippen LogP contribution in [0.1, 0.15) is 24.5 Å². The number of carbonyl (C=O) groups is 1. The molecule has 0 saturated carbocycles. The molecular weight excluding hydrogens is 388 g/mol. The van der Waals surface area contributed by atoms with Gasteiger partial charge < -0.3 is 4.74 Å². The van der Waals surface area contributed by atoms with E-state index in [-0.39, 0.29) is 34.3 Å². The van der Waals surface area contributed by atoms with Crippen LogP contribution in [0.2, 0.25) is 4.34 Å². The van der Waals surface area contributed by atoms with Crippen molar-refractivity contribution >= 4 is 28.9 Å². The number of thiophene rings is 1. The summed E-state index contributed by atoms with van der Waals surface area (Å²) in [6.07, 6.45) is -4.18. The molecule has 2 aromatic heterocycles. The molecule has 0 radical (unpaired) electrons. The third-order valence-electron chi connectivity index (χ3n) is 3.10. The first kappa shape index (κ1) is 19.4. The van der Waals surface area contributed by atoms with E-state index in [1.165, 1.54) is 0 Å². The molecule has 2 heterocycles. The second kappa shape index (κ2) is 7.52. The summed E-state index contributed by atoms with van der Waals surface area (Å²) >= 11 is 6.58. The predicted octanol–water partition coefficient (Wildman–Crippen LogP) is 3.60. The van der Waals surface area contributed by atoms with Crippen molar-refractivity contribution in [3.8, 4) is 5.00 Å². The van der Waals surface area contributed by atoms with Gasteiger partial charge in [0, 0.05) is 24.5 Å². The maximum atomic E-state index is 14.5. The maximum Gasteiger partial charge on any atom is 0.418 e. The molecule has 0 saturated heterocycles. The number of halogens is 5. The molecule has 0 aliphatic rings. The van der Waals surface area contributed by atoms with Gasteiger partial charge in [0.15, 0.2) is 10.8 Å². The fraction of sp³-hybridized carbons (Fsp3) is 0.357. The fourth-order valence-electron chi connectivity index (χ4n) is 1.84. The molecule has 0 bridgehead atoms. The Morgan fingerprint density at radius 3 is 2.68 bits per heavy atom. The summed E-state index contributed by atoms with van der Waals surface area (Å²) in [4.78, 5) is 22.9. The van der Waals surface area contributed by atoms with Crippen LogP contribution < -0.4 is 5.56 Å². The second-order valence-electron chi connectivity index (χ2n) is 4.79. The molecule has 136 valence electrons. The minimum Gasteiger partial charge on any atom is -0.465 e. The van der Waals surface area contributed by atoms with Crippen LogP contribution in [0.4, 0.5) is 17.6 Å². The molecule has 5 nitrogen and oxygen atoms in total. The molecule has 2 rings (SSSR count). The molecule has 0 aliphatic carbocycles. The van der Waals surface area contributed by atoms with Crippen molar-refractivity contribution in [3.63, 3.8) is 0 Å². The van der Waals surface area contributed by atoms with E-state index >= 15 is 0 Å². The van der Waals surface area contributed by atoms with Gasteiger partial charge in [0.2, 0.25) is 0 Å². The maximum absolute atomic E-state index is 14.5. The zero-order valence-electron chi connectivity index (χ0n) is 12.7. The highest BCUT2D eigenvalue weighted by molar-refractivity contribution is 7.18. The standard InChI is InChI=1S/C14H11ClF4N2O3S/c1-2-10(23)24-4-3-8-11(16)13(25-12(8)15)21-9(22)5-7(6-20-21)14(17,18)19/h5-6H,2-4H2,1H3. The van der Waals surface area contributed by atoms with Crippen LogP contribution in [0.3, 0.4) is 0 Å². The van der Waals surface area contributed by atoms with Gasteiger partial charge >= 0.3 is 12.1 Å². The van der Waals surface area contributed by atoms with E-state index in [2.05, 4.69) is 5.10 Å². The van der Waals surface area contributed by atoms with Crippen LogP contribution in [0.5, 0.6) is 0 Å². The molecule has 25 heavy (non-hydrogen) atoms. The molecule has 0 unspecified atom stereocenters. The molecule has 2 aromatic rings. The number of carbonyl (C=O) groups excluding carboxylic acids is 1. The van der Waals surface area contributed by atoms with Crippen molar-refractivity contribution in [1.82, 2.24) is 9.78 Å². The number of rotatable bonds is 5. The second-order valence-corrected chi connectivity index (χ2v) is 6.39. The van der Waals surface area contributed by atoms with Crippen molar-refractivity contribution < 1.29 is 27.1 Å². The van der Waals surface area contributed by atoms with Crippen LogP contribution >= 0.6 is 22.9 Å². The van der Waals surface area contributed by atoms with E-state index in [4.69, 9.17) is 16.3 Å². The Balaban J connectivity index is 2.31. The predicted molar refractivity (Wildman–Crippen MR) is 82.6 cm³/mol. The summed E-state index contributed by atoms with van der Waals surface area (Å²) in [6, 6.07) is 0.322. The summed E-state index contributed by atoms with van der Waals surface area (Å²) < 4.78 is 57.5. The number of esters is 1. The molecule has 0 fully saturated rings. The number of alkyl halides is 3. The zero-order valence-corrected chi connectivity index (χ0v) is 14.3. The lowest BCUT2D eigenvalue weighted by molar-refractivity contribution is -0.143. The van der Waals surface area contributed by atoms with E-state index in [1.807, 2.05) is 0 Å². The smallest absolute Gasteiger partial charge is 0.418 e. The molecule has 0 aliphatic heterocycles. The molecular formula is C14H11ClF4N2O3S. The van der Waals surface area contributed by atoms with Gasteiger partial charge in [0.05, 0.1) is 18.4 Å². The van der Waals surface area contributed by atoms with Crippen molar-refractivity contribution in [3.05, 3.63) is 43.9 Å². The third-order valence-corrected chi connectivity index (χ3v) is 4.53. The summed E-state index contributed by atoms with van der Waals surface area (Å²) in [5.74, 6) is -1.36. The molecule has 0 aromatic carbocycles. The normalized spacial score (nSPS) is 11.6. The zero-order chi connectivity index (χ0) is 18.8. The van der Waals surface area contributed by atoms with Gasteiger partial charge in [-0.15, -0.1) is 11.3 Å². The average molecular weight is 399 g/mol. The number of ether oxygens (including phenoxy) is 1. The third kappa shape index (κ3) is 4.37.